The van der Waals surface area contributed by atoms with Crippen LogP contribution < -0.4 is 5.56 Å². The van der Waals surface area contributed by atoms with Gasteiger partial charge in [-0.2, -0.15) is 5.10 Å². The molecule has 0 fully saturated rings. The lowest BCUT2D eigenvalue weighted by Gasteiger charge is -2.24. The summed E-state index contributed by atoms with van der Waals surface area (Å²) in [5, 5.41) is 6.30. The highest BCUT2D eigenvalue weighted by atomic mass is 32.1. The number of aromatic nitrogens is 4. The van der Waals surface area contributed by atoms with Gasteiger partial charge in [0, 0.05) is 18.5 Å². The number of thiophene rings is 1. The summed E-state index contributed by atoms with van der Waals surface area (Å²) in [7, 11) is 5.85. The minimum absolute atomic E-state index is 0.0911. The van der Waals surface area contributed by atoms with E-state index in [2.05, 4.69) is 33.4 Å². The van der Waals surface area contributed by atoms with E-state index in [1.165, 1.54) is 10.4 Å². The molecule has 0 spiro atoms. The van der Waals surface area contributed by atoms with Crippen molar-refractivity contribution in [3.63, 3.8) is 0 Å². The van der Waals surface area contributed by atoms with Crippen LogP contribution in [0.4, 0.5) is 0 Å². The summed E-state index contributed by atoms with van der Waals surface area (Å²) >= 11 is 1.72. The first kappa shape index (κ1) is 14.9. The van der Waals surface area contributed by atoms with Crippen LogP contribution in [0.25, 0.3) is 11.0 Å². The SMILES string of the molecule is Cc1ccsc1[C@@H](Cn1cnc2cn(C)nc2c1=O)N(C)C. The Labute approximate surface area is 132 Å². The van der Waals surface area contributed by atoms with Crippen molar-refractivity contribution in [3.8, 4) is 0 Å². The number of likely N-dealkylation sites (N-methyl/N-ethyl adjacent to an activating group) is 1. The summed E-state index contributed by atoms with van der Waals surface area (Å²) < 4.78 is 3.27. The van der Waals surface area contributed by atoms with E-state index in [1.807, 2.05) is 14.1 Å². The van der Waals surface area contributed by atoms with Gasteiger partial charge < -0.3 is 4.90 Å². The van der Waals surface area contributed by atoms with Crippen molar-refractivity contribution in [2.75, 3.05) is 14.1 Å². The van der Waals surface area contributed by atoms with Crippen molar-refractivity contribution < 1.29 is 0 Å². The molecule has 3 aromatic rings. The van der Waals surface area contributed by atoms with Crippen LogP contribution in [-0.2, 0) is 13.6 Å². The molecule has 0 radical (unpaired) electrons. The minimum atomic E-state index is -0.0911. The van der Waals surface area contributed by atoms with Crippen molar-refractivity contribution in [3.05, 3.63) is 44.8 Å². The van der Waals surface area contributed by atoms with Gasteiger partial charge in [0.2, 0.25) is 0 Å². The molecule has 0 aliphatic heterocycles. The molecular weight excluding hydrogens is 298 g/mol. The molecule has 0 unspecified atom stereocenters. The summed E-state index contributed by atoms with van der Waals surface area (Å²) in [6.45, 7) is 2.66. The second-order valence-electron chi connectivity index (χ2n) is 5.69. The Morgan fingerprint density at radius 2 is 2.18 bits per heavy atom. The molecule has 3 rings (SSSR count). The standard InChI is InChI=1S/C15H19N5OS/c1-10-5-6-22-14(10)12(18(2)3)8-20-9-16-11-7-19(4)17-13(11)15(20)21/h5-7,9,12H,8H2,1-4H3/t12-/m1/s1. The van der Waals surface area contributed by atoms with E-state index in [1.54, 1.807) is 40.2 Å². The largest absolute Gasteiger partial charge is 0.300 e. The first-order valence-corrected chi connectivity index (χ1v) is 7.94. The van der Waals surface area contributed by atoms with Gasteiger partial charge >= 0.3 is 0 Å². The average Bonchev–Trinajstić information content (AvgIpc) is 3.04. The number of aryl methyl sites for hydroxylation is 2. The lowest BCUT2D eigenvalue weighted by Crippen LogP contribution is -2.30. The van der Waals surface area contributed by atoms with Crippen LogP contribution >= 0.6 is 11.3 Å². The molecule has 22 heavy (non-hydrogen) atoms. The zero-order valence-electron chi connectivity index (χ0n) is 13.1. The maximum atomic E-state index is 12.6. The number of hydrogen-bond acceptors (Lipinski definition) is 5. The monoisotopic (exact) mass is 317 g/mol. The number of nitrogens with zero attached hydrogens (tertiary/aromatic N) is 5. The highest BCUT2D eigenvalue weighted by Gasteiger charge is 2.20. The van der Waals surface area contributed by atoms with E-state index in [0.717, 1.165) is 0 Å². The average molecular weight is 317 g/mol. The van der Waals surface area contributed by atoms with E-state index >= 15 is 0 Å². The van der Waals surface area contributed by atoms with Crippen molar-refractivity contribution in [1.82, 2.24) is 24.2 Å². The molecule has 7 heteroatoms. The topological polar surface area (TPSA) is 56.0 Å². The van der Waals surface area contributed by atoms with Gasteiger partial charge in [-0.05, 0) is 38.0 Å². The fraction of sp³-hybridized carbons (Fsp3) is 0.400. The quantitative estimate of drug-likeness (QED) is 0.736. The predicted octanol–water partition coefficient (Wildman–Crippen LogP) is 1.80. The normalized spacial score (nSPS) is 13.1. The van der Waals surface area contributed by atoms with Crippen LogP contribution in [0.2, 0.25) is 0 Å². The molecule has 3 heterocycles. The van der Waals surface area contributed by atoms with Gasteiger partial charge in [0.05, 0.1) is 18.6 Å². The molecule has 1 atom stereocenters. The lowest BCUT2D eigenvalue weighted by atomic mass is 10.1. The third-order valence-electron chi connectivity index (χ3n) is 3.81. The lowest BCUT2D eigenvalue weighted by molar-refractivity contribution is 0.269. The Morgan fingerprint density at radius 3 is 2.82 bits per heavy atom. The molecule has 0 aliphatic rings. The maximum absolute atomic E-state index is 12.6. The Kier molecular flexibility index (Phi) is 3.84. The first-order valence-electron chi connectivity index (χ1n) is 7.06. The second kappa shape index (κ2) is 5.66. The van der Waals surface area contributed by atoms with Gasteiger partial charge in [-0.25, -0.2) is 4.98 Å². The molecule has 0 bridgehead atoms. The minimum Gasteiger partial charge on any atom is -0.300 e. The van der Waals surface area contributed by atoms with Crippen LogP contribution in [0.3, 0.4) is 0 Å². The molecular formula is C15H19N5OS. The van der Waals surface area contributed by atoms with Crippen LogP contribution in [0, 0.1) is 6.92 Å². The number of fused-ring (bicyclic) bond motifs is 1. The van der Waals surface area contributed by atoms with Gasteiger partial charge in [-0.3, -0.25) is 14.0 Å². The second-order valence-corrected chi connectivity index (χ2v) is 6.63. The Balaban J connectivity index is 2.02. The molecule has 0 saturated carbocycles. The molecule has 116 valence electrons. The third-order valence-corrected chi connectivity index (χ3v) is 4.93. The van der Waals surface area contributed by atoms with Crippen LogP contribution in [-0.4, -0.2) is 38.3 Å². The molecule has 6 nitrogen and oxygen atoms in total. The van der Waals surface area contributed by atoms with Crippen molar-refractivity contribution in [2.45, 2.75) is 19.5 Å². The van der Waals surface area contributed by atoms with E-state index in [4.69, 9.17) is 0 Å². The Morgan fingerprint density at radius 1 is 1.41 bits per heavy atom. The van der Waals surface area contributed by atoms with Crippen molar-refractivity contribution >= 4 is 22.4 Å². The van der Waals surface area contributed by atoms with Crippen LogP contribution in [0.1, 0.15) is 16.5 Å². The number of hydrogen-bond donors (Lipinski definition) is 0. The van der Waals surface area contributed by atoms with Gasteiger partial charge in [0.15, 0.2) is 5.52 Å². The van der Waals surface area contributed by atoms with Gasteiger partial charge in [-0.15, -0.1) is 11.3 Å². The molecule has 0 amide bonds. The van der Waals surface area contributed by atoms with E-state index in [9.17, 15) is 4.79 Å². The number of rotatable bonds is 4. The van der Waals surface area contributed by atoms with Crippen molar-refractivity contribution in [1.29, 1.82) is 0 Å². The summed E-state index contributed by atoms with van der Waals surface area (Å²) in [6, 6.07) is 2.25. The van der Waals surface area contributed by atoms with Crippen LogP contribution in [0.15, 0.2) is 28.8 Å². The Hall–Kier alpha value is -1.99. The van der Waals surface area contributed by atoms with E-state index in [0.29, 0.717) is 17.6 Å². The molecule has 0 aliphatic carbocycles. The summed E-state index contributed by atoms with van der Waals surface area (Å²) in [4.78, 5) is 20.3. The summed E-state index contributed by atoms with van der Waals surface area (Å²) in [5.74, 6) is 0. The molecule has 0 saturated heterocycles. The first-order chi connectivity index (χ1) is 10.5. The van der Waals surface area contributed by atoms with Crippen molar-refractivity contribution in [2.24, 2.45) is 7.05 Å². The zero-order valence-corrected chi connectivity index (χ0v) is 14.0. The third kappa shape index (κ3) is 2.57. The van der Waals surface area contributed by atoms with Gasteiger partial charge in [0.25, 0.3) is 5.56 Å². The molecule has 0 N–H and O–H groups in total. The highest BCUT2D eigenvalue weighted by Crippen LogP contribution is 2.28. The maximum Gasteiger partial charge on any atom is 0.281 e. The fourth-order valence-electron chi connectivity index (χ4n) is 2.57. The molecule has 0 aromatic carbocycles. The van der Waals surface area contributed by atoms with Crippen LogP contribution in [0.5, 0.6) is 0 Å². The predicted molar refractivity (Wildman–Crippen MR) is 88.3 cm³/mol. The zero-order chi connectivity index (χ0) is 15.9. The smallest absolute Gasteiger partial charge is 0.281 e. The van der Waals surface area contributed by atoms with E-state index < -0.39 is 0 Å². The fourth-order valence-corrected chi connectivity index (χ4v) is 3.68. The van der Waals surface area contributed by atoms with Gasteiger partial charge in [-0.1, -0.05) is 0 Å². The highest BCUT2D eigenvalue weighted by molar-refractivity contribution is 7.10. The summed E-state index contributed by atoms with van der Waals surface area (Å²) in [6.07, 6.45) is 3.37. The Bertz CT molecular complexity index is 860. The molecule has 3 aromatic heterocycles. The van der Waals surface area contributed by atoms with E-state index in [-0.39, 0.29) is 11.6 Å². The summed E-state index contributed by atoms with van der Waals surface area (Å²) in [5.41, 5.74) is 2.22. The van der Waals surface area contributed by atoms with Gasteiger partial charge in [0.1, 0.15) is 5.52 Å².